The Kier molecular flexibility index (Phi) is 6.41. The number of methoxy groups -OCH3 is 4. The van der Waals surface area contributed by atoms with Crippen molar-refractivity contribution >= 4 is 11.8 Å². The van der Waals surface area contributed by atoms with Gasteiger partial charge in [-0.1, -0.05) is 12.1 Å². The second-order valence-electron chi connectivity index (χ2n) is 6.18. The Labute approximate surface area is 169 Å². The molecule has 0 aliphatic rings. The highest BCUT2D eigenvalue weighted by molar-refractivity contribution is 5.80. The number of hydrogen-bond acceptors (Lipinski definition) is 6. The van der Waals surface area contributed by atoms with Crippen LogP contribution in [0.5, 0.6) is 23.0 Å². The van der Waals surface area contributed by atoms with E-state index in [0.717, 1.165) is 5.56 Å². The van der Waals surface area contributed by atoms with E-state index in [4.69, 9.17) is 18.9 Å². The number of nitrogens with zero attached hydrogens (tertiary/aromatic N) is 2. The van der Waals surface area contributed by atoms with Crippen LogP contribution in [0.25, 0.3) is 11.8 Å². The maximum Gasteiger partial charge on any atom is 0.161 e. The molecule has 152 valence electrons. The summed E-state index contributed by atoms with van der Waals surface area (Å²) in [5.74, 6) is 2.31. The smallest absolute Gasteiger partial charge is 0.161 e. The molecule has 3 rings (SSSR count). The molecule has 0 aliphatic heterocycles. The molecule has 0 radical (unpaired) electrons. The van der Waals surface area contributed by atoms with Crippen LogP contribution in [-0.4, -0.2) is 43.1 Å². The van der Waals surface area contributed by atoms with Crippen molar-refractivity contribution in [1.82, 2.24) is 9.55 Å². The minimum atomic E-state index is -0.935. The Balaban J connectivity index is 2.10. The van der Waals surface area contributed by atoms with Gasteiger partial charge in [0.1, 0.15) is 6.10 Å². The Morgan fingerprint density at radius 1 is 0.897 bits per heavy atom. The molecule has 0 bridgehead atoms. The summed E-state index contributed by atoms with van der Waals surface area (Å²) in [6, 6.07) is 10.8. The highest BCUT2D eigenvalue weighted by Crippen LogP contribution is 2.38. The van der Waals surface area contributed by atoms with Crippen molar-refractivity contribution < 1.29 is 24.1 Å². The molecule has 0 spiro atoms. The number of aliphatic hydroxyl groups excluding tert-OH is 1. The van der Waals surface area contributed by atoms with Gasteiger partial charge in [0.25, 0.3) is 0 Å². The fourth-order valence-corrected chi connectivity index (χ4v) is 3.03. The molecule has 0 amide bonds. The van der Waals surface area contributed by atoms with Crippen molar-refractivity contribution in [1.29, 1.82) is 0 Å². The molecule has 2 aromatic carbocycles. The first-order valence-corrected chi connectivity index (χ1v) is 8.92. The second kappa shape index (κ2) is 9.16. The fourth-order valence-electron chi connectivity index (χ4n) is 3.03. The second-order valence-corrected chi connectivity index (χ2v) is 6.18. The molecule has 29 heavy (non-hydrogen) atoms. The zero-order valence-electron chi connectivity index (χ0n) is 16.8. The molecular weight excluding hydrogens is 372 g/mol. The van der Waals surface area contributed by atoms with Crippen molar-refractivity contribution in [2.45, 2.75) is 6.10 Å². The molecule has 1 unspecified atom stereocenters. The molecule has 1 N–H and O–H groups in total. The molecule has 3 aromatic rings. The molecule has 7 heteroatoms. The molecule has 1 heterocycles. The average Bonchev–Trinajstić information content (AvgIpc) is 3.29. The van der Waals surface area contributed by atoms with Crippen molar-refractivity contribution in [2.24, 2.45) is 0 Å². The van der Waals surface area contributed by atoms with Gasteiger partial charge in [-0.25, -0.2) is 4.98 Å². The highest BCUT2D eigenvalue weighted by Gasteiger charge is 2.19. The predicted octanol–water partition coefficient (Wildman–Crippen LogP) is 3.65. The predicted molar refractivity (Wildman–Crippen MR) is 110 cm³/mol. The van der Waals surface area contributed by atoms with E-state index in [1.807, 2.05) is 18.3 Å². The quantitative estimate of drug-likeness (QED) is 0.626. The SMILES string of the molecule is COc1ccc(/C(=C\n2ccnc2)C(O)c2ccc(OC)c(OC)c2)cc1OC. The lowest BCUT2D eigenvalue weighted by Crippen LogP contribution is -2.04. The normalized spacial score (nSPS) is 12.4. The standard InChI is InChI=1S/C22H24N2O5/c1-26-18-7-5-15(11-20(18)28-3)17(13-24-10-9-23-14-24)22(25)16-6-8-19(27-2)21(12-16)29-4/h5-14,22,25H,1-4H3/b17-13+. The monoisotopic (exact) mass is 396 g/mol. The molecule has 0 fully saturated rings. The first-order chi connectivity index (χ1) is 14.1. The maximum atomic E-state index is 11.2. The number of benzene rings is 2. The maximum absolute atomic E-state index is 11.2. The number of rotatable bonds is 8. The van der Waals surface area contributed by atoms with Crippen LogP contribution in [0, 0.1) is 0 Å². The van der Waals surface area contributed by atoms with Crippen molar-refractivity contribution in [2.75, 3.05) is 28.4 Å². The third-order valence-electron chi connectivity index (χ3n) is 4.55. The van der Waals surface area contributed by atoms with Crippen LogP contribution in [-0.2, 0) is 0 Å². The van der Waals surface area contributed by atoms with Gasteiger partial charge in [0.2, 0.25) is 0 Å². The van der Waals surface area contributed by atoms with Gasteiger partial charge in [-0.2, -0.15) is 0 Å². The van der Waals surface area contributed by atoms with Gasteiger partial charge in [-0.15, -0.1) is 0 Å². The van der Waals surface area contributed by atoms with Gasteiger partial charge < -0.3 is 28.6 Å². The third kappa shape index (κ3) is 4.35. The van der Waals surface area contributed by atoms with Crippen LogP contribution in [0.2, 0.25) is 0 Å². The van der Waals surface area contributed by atoms with Gasteiger partial charge >= 0.3 is 0 Å². The number of ether oxygens (including phenoxy) is 4. The van der Waals surface area contributed by atoms with E-state index in [1.54, 1.807) is 76.0 Å². The van der Waals surface area contributed by atoms with Gasteiger partial charge in [0, 0.05) is 24.2 Å². The minimum absolute atomic E-state index is 0.540. The Bertz CT molecular complexity index is 983. The number of aliphatic hydroxyl groups is 1. The van der Waals surface area contributed by atoms with Crippen molar-refractivity contribution in [3.05, 3.63) is 66.2 Å². The van der Waals surface area contributed by atoms with Gasteiger partial charge in [0.15, 0.2) is 23.0 Å². The minimum Gasteiger partial charge on any atom is -0.493 e. The van der Waals surface area contributed by atoms with E-state index >= 15 is 0 Å². The van der Waals surface area contributed by atoms with Crippen LogP contribution >= 0.6 is 0 Å². The summed E-state index contributed by atoms with van der Waals surface area (Å²) in [6.45, 7) is 0. The summed E-state index contributed by atoms with van der Waals surface area (Å²) in [7, 11) is 6.29. The van der Waals surface area contributed by atoms with Crippen LogP contribution in [0.1, 0.15) is 17.2 Å². The number of imidazole rings is 1. The van der Waals surface area contributed by atoms with Crippen LogP contribution < -0.4 is 18.9 Å². The Hall–Kier alpha value is -3.45. The summed E-state index contributed by atoms with van der Waals surface area (Å²) in [5, 5.41) is 11.2. The molecule has 1 aromatic heterocycles. The van der Waals surface area contributed by atoms with E-state index < -0.39 is 6.10 Å². The molecule has 7 nitrogen and oxygen atoms in total. The van der Waals surface area contributed by atoms with Crippen LogP contribution in [0.4, 0.5) is 0 Å². The average molecular weight is 396 g/mol. The number of hydrogen-bond donors (Lipinski definition) is 1. The summed E-state index contributed by atoms with van der Waals surface area (Å²) in [5.41, 5.74) is 2.08. The zero-order valence-corrected chi connectivity index (χ0v) is 16.8. The molecule has 0 aliphatic carbocycles. The lowest BCUT2D eigenvalue weighted by atomic mass is 9.95. The summed E-state index contributed by atoms with van der Waals surface area (Å²) >= 11 is 0. The van der Waals surface area contributed by atoms with E-state index in [1.165, 1.54) is 0 Å². The van der Waals surface area contributed by atoms with E-state index in [0.29, 0.717) is 34.1 Å². The molecule has 0 saturated carbocycles. The lowest BCUT2D eigenvalue weighted by Gasteiger charge is -2.19. The van der Waals surface area contributed by atoms with Gasteiger partial charge in [0.05, 0.1) is 34.8 Å². The molecule has 1 atom stereocenters. The topological polar surface area (TPSA) is 75.0 Å². The third-order valence-corrected chi connectivity index (χ3v) is 4.55. The van der Waals surface area contributed by atoms with Gasteiger partial charge in [-0.3, -0.25) is 0 Å². The van der Waals surface area contributed by atoms with Crippen molar-refractivity contribution in [3.8, 4) is 23.0 Å². The van der Waals surface area contributed by atoms with E-state index in [9.17, 15) is 5.11 Å². The summed E-state index contributed by atoms with van der Waals surface area (Å²) in [4.78, 5) is 4.07. The molecular formula is C22H24N2O5. The van der Waals surface area contributed by atoms with E-state index in [-0.39, 0.29) is 0 Å². The Morgan fingerprint density at radius 3 is 2.10 bits per heavy atom. The lowest BCUT2D eigenvalue weighted by molar-refractivity contribution is 0.237. The highest BCUT2D eigenvalue weighted by atomic mass is 16.5. The Morgan fingerprint density at radius 2 is 1.52 bits per heavy atom. The first kappa shape index (κ1) is 20.3. The van der Waals surface area contributed by atoms with Gasteiger partial charge in [-0.05, 0) is 35.4 Å². The zero-order chi connectivity index (χ0) is 20.8. The van der Waals surface area contributed by atoms with E-state index in [2.05, 4.69) is 4.98 Å². The number of aromatic nitrogens is 2. The largest absolute Gasteiger partial charge is 0.493 e. The van der Waals surface area contributed by atoms with Crippen LogP contribution in [0.15, 0.2) is 55.1 Å². The summed E-state index contributed by atoms with van der Waals surface area (Å²) in [6.07, 6.45) is 6.00. The molecule has 0 saturated heterocycles. The first-order valence-electron chi connectivity index (χ1n) is 8.92. The van der Waals surface area contributed by atoms with Crippen LogP contribution in [0.3, 0.4) is 0 Å². The summed E-state index contributed by atoms with van der Waals surface area (Å²) < 4.78 is 23.2. The fraction of sp³-hybridized carbons (Fsp3) is 0.227. The van der Waals surface area contributed by atoms with Crippen molar-refractivity contribution in [3.63, 3.8) is 0 Å².